The van der Waals surface area contributed by atoms with E-state index in [0.717, 1.165) is 0 Å². The molecule has 0 unspecified atom stereocenters. The van der Waals surface area contributed by atoms with Gasteiger partial charge in [0.2, 0.25) is 0 Å². The molecular weight excluding hydrogens is 258 g/mol. The standard InChI is InChI=1S/C13H20OSe.Li/c1-12(2,3)8-7-10(14)9-11(15)13(4,5)6;/h9,15H,1-6H3;/q;+1/p-1/b11-9-;. The van der Waals surface area contributed by atoms with Crippen LogP contribution in [0.1, 0.15) is 41.5 Å². The molecule has 0 amide bonds. The second-order valence-corrected chi connectivity index (χ2v) is 7.61. The van der Waals surface area contributed by atoms with E-state index in [1.54, 1.807) is 6.08 Å². The molecule has 1 nitrogen and oxygen atoms in total. The van der Waals surface area contributed by atoms with Gasteiger partial charge in [-0.25, -0.2) is 0 Å². The Morgan fingerprint density at radius 2 is 1.69 bits per heavy atom. The van der Waals surface area contributed by atoms with Gasteiger partial charge in [-0.2, -0.15) is 0 Å². The summed E-state index contributed by atoms with van der Waals surface area (Å²) in [5, 5.41) is 0. The number of carbonyl (C=O) groups is 1. The Balaban J connectivity index is 4.88. The summed E-state index contributed by atoms with van der Waals surface area (Å²) in [6, 6.07) is 0. The fraction of sp³-hybridized carbons (Fsp3) is 0.615. The van der Waals surface area contributed by atoms with Crippen molar-refractivity contribution in [1.82, 2.24) is 0 Å². The van der Waals surface area contributed by atoms with E-state index in [2.05, 4.69) is 48.4 Å². The zero-order chi connectivity index (χ0) is 13.0. The Morgan fingerprint density at radius 3 is 2.00 bits per heavy atom. The van der Waals surface area contributed by atoms with E-state index in [1.807, 2.05) is 20.8 Å². The predicted octanol–water partition coefficient (Wildman–Crippen LogP) is 2.32. The molecule has 0 aromatic heterocycles. The molecule has 0 aromatic rings. The van der Waals surface area contributed by atoms with Crippen LogP contribution in [0.5, 0.6) is 0 Å². The molecule has 0 N–H and O–H groups in total. The quantitative estimate of drug-likeness (QED) is 0.328. The first-order chi connectivity index (χ1) is 7.06. The molecule has 0 aromatic carbocycles. The van der Waals surface area contributed by atoms with Crippen LogP contribution in [-0.4, -0.2) is 34.3 Å². The van der Waals surface area contributed by atoms with Crippen molar-refractivity contribution in [3.05, 3.63) is 10.5 Å². The average Bonchev–Trinajstić information content (AvgIpc) is 2.07. The summed E-state index contributed by atoms with van der Waals surface area (Å²) in [6.45, 7) is 12.4. The van der Waals surface area contributed by atoms with E-state index < -0.39 is 0 Å². The van der Waals surface area contributed by atoms with Crippen molar-refractivity contribution in [2.24, 2.45) is 10.8 Å². The van der Waals surface area contributed by atoms with Gasteiger partial charge >= 0.3 is 114 Å². The minimum absolute atomic E-state index is 0.0661. The molecule has 0 saturated carbocycles. The van der Waals surface area contributed by atoms with Crippen molar-refractivity contribution in [2.75, 3.05) is 0 Å². The van der Waals surface area contributed by atoms with Gasteiger partial charge in [-0.15, -0.1) is 0 Å². The van der Waals surface area contributed by atoms with E-state index in [9.17, 15) is 4.79 Å². The van der Waals surface area contributed by atoms with E-state index in [0.29, 0.717) is 12.8 Å². The van der Waals surface area contributed by atoms with Gasteiger partial charge in [0, 0.05) is 0 Å². The van der Waals surface area contributed by atoms with Crippen LogP contribution >= 0.6 is 0 Å². The van der Waals surface area contributed by atoms with E-state index in [-0.39, 0.29) is 16.6 Å². The Bertz CT molecular complexity index is 345. The summed E-state index contributed by atoms with van der Waals surface area (Å²) < 4.78 is 1.22. The fourth-order valence-electron chi connectivity index (χ4n) is 0.986. The molecule has 0 aliphatic carbocycles. The van der Waals surface area contributed by atoms with E-state index in [4.69, 9.17) is 0 Å². The van der Waals surface area contributed by atoms with Crippen LogP contribution in [0.4, 0.5) is 0 Å². The maximum atomic E-state index is 11.7. The van der Waals surface area contributed by atoms with Crippen LogP contribution in [0.3, 0.4) is 0 Å². The predicted molar refractivity (Wildman–Crippen MR) is 71.3 cm³/mol. The van der Waals surface area contributed by atoms with Crippen LogP contribution in [0, 0.1) is 22.7 Å². The second-order valence-electron chi connectivity index (χ2n) is 5.83. The van der Waals surface area contributed by atoms with Crippen LogP contribution in [0.15, 0.2) is 10.5 Å². The molecule has 16 heavy (non-hydrogen) atoms. The van der Waals surface area contributed by atoms with Gasteiger partial charge in [-0.05, 0) is 0 Å². The zero-order valence-electron chi connectivity index (χ0n) is 11.4. The van der Waals surface area contributed by atoms with Crippen LogP contribution < -0.4 is 0 Å². The van der Waals surface area contributed by atoms with Crippen LogP contribution in [-0.2, 0) is 4.79 Å². The van der Waals surface area contributed by atoms with Crippen molar-refractivity contribution < 1.29 is 4.79 Å². The Hall–Kier alpha value is 0.0869. The molecule has 0 aliphatic heterocycles. The zero-order valence-corrected chi connectivity index (χ0v) is 13.1. The molecule has 84 valence electrons. The third-order valence-corrected chi connectivity index (χ3v) is 4.24. The Morgan fingerprint density at radius 1 is 1.19 bits per heavy atom. The first-order valence-electron chi connectivity index (χ1n) is 5.39. The minimum atomic E-state index is -0.108. The fourth-order valence-corrected chi connectivity index (χ4v) is 2.74. The molecule has 0 radical (unpaired) electrons. The van der Waals surface area contributed by atoms with Gasteiger partial charge in [0.05, 0.1) is 0 Å². The number of rotatable bonds is 2. The van der Waals surface area contributed by atoms with E-state index >= 15 is 0 Å². The van der Waals surface area contributed by atoms with Crippen molar-refractivity contribution in [1.29, 1.82) is 0 Å². The van der Waals surface area contributed by atoms with E-state index in [1.165, 1.54) is 4.47 Å². The molecule has 0 atom stereocenters. The van der Waals surface area contributed by atoms with Gasteiger partial charge in [0.1, 0.15) is 0 Å². The topological polar surface area (TPSA) is 17.1 Å². The monoisotopic (exact) mass is 278 g/mol. The third-order valence-electron chi connectivity index (χ3n) is 1.78. The van der Waals surface area contributed by atoms with Gasteiger partial charge < -0.3 is 0 Å². The summed E-state index contributed by atoms with van der Waals surface area (Å²) in [5.41, 5.74) is -0.0312. The number of carbonyl (C=O) groups excluding carboxylic acids is 1. The maximum absolute atomic E-state index is 11.7. The molecular formula is C13H19LiOSe. The summed E-state index contributed by atoms with van der Waals surface area (Å²) in [6.07, 6.45) is 1.72. The molecule has 0 aliphatic rings. The van der Waals surface area contributed by atoms with Gasteiger partial charge in [0.25, 0.3) is 0 Å². The van der Waals surface area contributed by atoms with Gasteiger partial charge in [-0.1, -0.05) is 0 Å². The normalized spacial score (nSPS) is 13.1. The molecule has 0 bridgehead atoms. The van der Waals surface area contributed by atoms with Crippen molar-refractivity contribution in [3.63, 3.8) is 0 Å². The summed E-state index contributed by atoms with van der Waals surface area (Å²) in [5.74, 6) is 5.60. The first kappa shape index (κ1) is 16.1. The summed E-state index contributed by atoms with van der Waals surface area (Å²) >= 11 is 2.49. The van der Waals surface area contributed by atoms with Crippen molar-refractivity contribution in [3.8, 4) is 11.8 Å². The first-order valence-corrected chi connectivity index (χ1v) is 7.96. The Labute approximate surface area is 113 Å². The number of hydrogen-bond donors (Lipinski definition) is 0. The average molecular weight is 277 g/mol. The molecule has 0 rings (SSSR count). The Kier molecular flexibility index (Phi) is 6.17. The number of ketones is 1. The SMILES string of the molecule is [Li][Se]/C(=C\C(=O)C#CC(C)(C)C)C(C)(C)C. The van der Waals surface area contributed by atoms with Crippen LogP contribution in [0.2, 0.25) is 0 Å². The number of allylic oxidation sites excluding steroid dienone is 2. The third kappa shape index (κ3) is 7.37. The molecule has 0 heterocycles. The molecule has 3 heteroatoms. The summed E-state index contributed by atoms with van der Waals surface area (Å²) in [7, 11) is 0. The molecule has 0 spiro atoms. The van der Waals surface area contributed by atoms with Crippen LogP contribution in [0.25, 0.3) is 0 Å². The molecule has 0 saturated heterocycles. The van der Waals surface area contributed by atoms with Crippen molar-refractivity contribution in [2.45, 2.75) is 41.5 Å². The van der Waals surface area contributed by atoms with Gasteiger partial charge in [0.15, 0.2) is 0 Å². The van der Waals surface area contributed by atoms with Gasteiger partial charge in [-0.3, -0.25) is 0 Å². The second kappa shape index (κ2) is 6.14. The van der Waals surface area contributed by atoms with Crippen molar-refractivity contribution >= 4 is 34.3 Å². The number of hydrogen-bond acceptors (Lipinski definition) is 1. The summed E-state index contributed by atoms with van der Waals surface area (Å²) in [4.78, 5) is 11.7. The molecule has 0 fully saturated rings.